The lowest BCUT2D eigenvalue weighted by Gasteiger charge is -2.35. The molecule has 68 heavy (non-hydrogen) atoms. The number of aldehydes is 1. The molecule has 3 heteroatoms. The van der Waals surface area contributed by atoms with E-state index in [0.717, 1.165) is 36.8 Å². The van der Waals surface area contributed by atoms with Crippen LogP contribution in [-0.4, -0.2) is 6.29 Å². The van der Waals surface area contributed by atoms with Crippen molar-refractivity contribution in [2.45, 2.75) is 167 Å². The maximum Gasteiger partial charge on any atom is 0.160 e. The lowest BCUT2D eigenvalue weighted by atomic mass is 9.65. The van der Waals surface area contributed by atoms with Crippen molar-refractivity contribution >= 4 is 29.0 Å². The van der Waals surface area contributed by atoms with Crippen LogP contribution in [-0.2, 0) is 36.5 Å². The third-order valence-electron chi connectivity index (χ3n) is 15.6. The highest BCUT2D eigenvalue weighted by atomic mass is 32.1. The van der Waals surface area contributed by atoms with Gasteiger partial charge in [-0.25, -0.2) is 0 Å². The molecule has 7 aromatic rings. The van der Waals surface area contributed by atoms with E-state index in [1.54, 1.807) is 11.3 Å². The summed E-state index contributed by atoms with van der Waals surface area (Å²) in [4.78, 5) is 16.3. The predicted octanol–water partition coefficient (Wildman–Crippen LogP) is 18.8. The molecule has 0 N–H and O–H groups in total. The molecule has 0 unspecified atom stereocenters. The largest absolute Gasteiger partial charge is 0.297 e. The van der Waals surface area contributed by atoms with E-state index < -0.39 is 10.8 Å². The third kappa shape index (κ3) is 9.20. The summed E-state index contributed by atoms with van der Waals surface area (Å²) in [7, 11) is 0. The summed E-state index contributed by atoms with van der Waals surface area (Å²) in [6.45, 7) is 9.16. The van der Waals surface area contributed by atoms with Crippen LogP contribution in [0.1, 0.15) is 207 Å². The van der Waals surface area contributed by atoms with Gasteiger partial charge in [-0.1, -0.05) is 202 Å². The molecule has 0 saturated carbocycles. The number of fused-ring (bicyclic) bond motifs is 6. The summed E-state index contributed by atoms with van der Waals surface area (Å²) in [6.07, 6.45) is 25.8. The standard InChI is InChI=1S/C65H74OS2/c1-5-9-13-17-21-47-25-33-51(34-26-47)64(52-35-27-48(28-36-52)22-18-14-10-6-2)58-41-42-67-62(58)56-44-60-57(45-59(56)64)63-61(43-55(46-66)68-63)65(60,53-37-29-49(30-38-53)23-19-15-11-7-3)54-39-31-50(32-40-54)24-20-16-12-8-4/h25-46H,5-24H2,1-4H3. The van der Waals surface area contributed by atoms with Gasteiger partial charge in [-0.3, -0.25) is 4.79 Å². The molecule has 0 atom stereocenters. The predicted molar refractivity (Wildman–Crippen MR) is 294 cm³/mol. The number of aryl methyl sites for hydroxylation is 4. The number of carbonyl (C=O) groups is 1. The number of carbonyl (C=O) groups excluding carboxylic acids is 1. The van der Waals surface area contributed by atoms with Gasteiger partial charge in [0.25, 0.3) is 0 Å². The normalized spacial score (nSPS) is 13.9. The fraction of sp³-hybridized carbons (Fsp3) is 0.400. The Morgan fingerprint density at radius 2 is 0.735 bits per heavy atom. The number of thiophene rings is 2. The third-order valence-corrected chi connectivity index (χ3v) is 17.7. The Balaban J connectivity index is 1.24. The molecule has 0 aliphatic heterocycles. The van der Waals surface area contributed by atoms with Crippen LogP contribution in [0.4, 0.5) is 0 Å². The van der Waals surface area contributed by atoms with Crippen LogP contribution in [0.2, 0.25) is 0 Å². The van der Waals surface area contributed by atoms with Gasteiger partial charge in [0.05, 0.1) is 15.7 Å². The van der Waals surface area contributed by atoms with Crippen LogP contribution in [0.25, 0.3) is 20.9 Å². The van der Waals surface area contributed by atoms with Crippen LogP contribution in [0.5, 0.6) is 0 Å². The van der Waals surface area contributed by atoms with Crippen LogP contribution in [0, 0.1) is 0 Å². The van der Waals surface area contributed by atoms with E-state index in [1.807, 2.05) is 11.3 Å². The SMILES string of the molecule is CCCCCCc1ccc(C2(c3ccc(CCCCCC)cc3)c3cc4c(cc3-c3sccc32)C(c2ccc(CCCCCC)cc2)(c2ccc(CCCCCC)cc2)c2cc(C=O)sc2-4)cc1. The average molecular weight is 935 g/mol. The second kappa shape index (κ2) is 22.3. The first-order chi connectivity index (χ1) is 33.5. The molecule has 0 saturated heterocycles. The fourth-order valence-corrected chi connectivity index (χ4v) is 14.0. The lowest BCUT2D eigenvalue weighted by molar-refractivity contribution is 0.112. The quantitative estimate of drug-likeness (QED) is 0.0412. The summed E-state index contributed by atoms with van der Waals surface area (Å²) in [5.41, 5.74) is 17.7. The first-order valence-electron chi connectivity index (χ1n) is 26.8. The number of rotatable bonds is 25. The Hall–Kier alpha value is -4.83. The van der Waals surface area contributed by atoms with Crippen LogP contribution >= 0.6 is 22.7 Å². The zero-order valence-corrected chi connectivity index (χ0v) is 43.2. The number of benzene rings is 5. The van der Waals surface area contributed by atoms with Gasteiger partial charge in [-0.05, 0) is 159 Å². The molecule has 2 aliphatic rings. The van der Waals surface area contributed by atoms with Gasteiger partial charge >= 0.3 is 0 Å². The molecule has 5 aromatic carbocycles. The molecule has 2 aromatic heterocycles. The average Bonchev–Trinajstić information content (AvgIpc) is 4.15. The lowest BCUT2D eigenvalue weighted by Crippen LogP contribution is -2.30. The zero-order valence-electron chi connectivity index (χ0n) is 41.6. The second-order valence-electron chi connectivity index (χ2n) is 20.1. The second-order valence-corrected chi connectivity index (χ2v) is 22.1. The van der Waals surface area contributed by atoms with Crippen molar-refractivity contribution < 1.29 is 4.79 Å². The molecule has 0 fully saturated rings. The molecule has 0 bridgehead atoms. The van der Waals surface area contributed by atoms with Crippen molar-refractivity contribution in [3.63, 3.8) is 0 Å². The Morgan fingerprint density at radius 1 is 0.382 bits per heavy atom. The number of unbranched alkanes of at least 4 members (excludes halogenated alkanes) is 12. The molecule has 2 heterocycles. The Labute approximate surface area is 417 Å². The van der Waals surface area contributed by atoms with Crippen molar-refractivity contribution in [2.75, 3.05) is 0 Å². The first-order valence-corrected chi connectivity index (χ1v) is 28.5. The van der Waals surface area contributed by atoms with Gasteiger partial charge in [0.2, 0.25) is 0 Å². The van der Waals surface area contributed by atoms with Crippen LogP contribution in [0.3, 0.4) is 0 Å². The Morgan fingerprint density at radius 3 is 1.09 bits per heavy atom. The molecule has 352 valence electrons. The van der Waals surface area contributed by atoms with Crippen molar-refractivity contribution in [1.82, 2.24) is 0 Å². The van der Waals surface area contributed by atoms with Gasteiger partial charge in [0.15, 0.2) is 6.29 Å². The monoisotopic (exact) mass is 935 g/mol. The number of hydrogen-bond donors (Lipinski definition) is 0. The summed E-state index contributed by atoms with van der Waals surface area (Å²) in [5.74, 6) is 0. The van der Waals surface area contributed by atoms with Crippen molar-refractivity contribution in [1.29, 1.82) is 0 Å². The molecule has 0 radical (unpaired) electrons. The van der Waals surface area contributed by atoms with Crippen molar-refractivity contribution in [3.05, 3.63) is 198 Å². The van der Waals surface area contributed by atoms with Crippen LogP contribution in [0.15, 0.2) is 127 Å². The fourth-order valence-electron chi connectivity index (χ4n) is 11.9. The van der Waals surface area contributed by atoms with Crippen molar-refractivity contribution in [3.8, 4) is 20.9 Å². The molecule has 9 rings (SSSR count). The molecule has 2 aliphatic carbocycles. The van der Waals surface area contributed by atoms with Crippen LogP contribution < -0.4 is 0 Å². The summed E-state index contributed by atoms with van der Waals surface area (Å²) in [5, 5.41) is 2.33. The Kier molecular flexibility index (Phi) is 15.8. The highest BCUT2D eigenvalue weighted by molar-refractivity contribution is 7.17. The Bertz CT molecular complexity index is 2620. The van der Waals surface area contributed by atoms with Gasteiger partial charge in [0, 0.05) is 9.75 Å². The van der Waals surface area contributed by atoms with E-state index in [4.69, 9.17) is 0 Å². The minimum absolute atomic E-state index is 0.490. The van der Waals surface area contributed by atoms with E-state index in [9.17, 15) is 4.79 Å². The van der Waals surface area contributed by atoms with Crippen molar-refractivity contribution in [2.24, 2.45) is 0 Å². The van der Waals surface area contributed by atoms with E-state index in [0.29, 0.717) is 0 Å². The summed E-state index contributed by atoms with van der Waals surface area (Å²) < 4.78 is 0. The minimum atomic E-state index is -0.583. The van der Waals surface area contributed by atoms with E-state index in [1.165, 1.54) is 190 Å². The molecule has 1 nitrogen and oxygen atoms in total. The summed E-state index contributed by atoms with van der Waals surface area (Å²) in [6, 6.07) is 48.6. The van der Waals surface area contributed by atoms with Gasteiger partial charge < -0.3 is 0 Å². The number of hydrogen-bond acceptors (Lipinski definition) is 3. The van der Waals surface area contributed by atoms with E-state index in [2.05, 4.69) is 154 Å². The highest BCUT2D eigenvalue weighted by Gasteiger charge is 2.52. The molecule has 0 amide bonds. The minimum Gasteiger partial charge on any atom is -0.297 e. The highest BCUT2D eigenvalue weighted by Crippen LogP contribution is 2.64. The maximum absolute atomic E-state index is 12.9. The zero-order chi connectivity index (χ0) is 46.9. The van der Waals surface area contributed by atoms with Gasteiger partial charge in [-0.15, -0.1) is 22.7 Å². The first kappa shape index (κ1) is 48.2. The topological polar surface area (TPSA) is 17.1 Å². The van der Waals surface area contributed by atoms with Gasteiger partial charge in [0.1, 0.15) is 0 Å². The molecule has 0 spiro atoms. The molecular weight excluding hydrogens is 861 g/mol. The smallest absolute Gasteiger partial charge is 0.160 e. The van der Waals surface area contributed by atoms with E-state index in [-0.39, 0.29) is 0 Å². The maximum atomic E-state index is 12.9. The van der Waals surface area contributed by atoms with Gasteiger partial charge in [-0.2, -0.15) is 0 Å². The van der Waals surface area contributed by atoms with E-state index >= 15 is 0 Å². The summed E-state index contributed by atoms with van der Waals surface area (Å²) >= 11 is 3.57. The molecular formula is C65H74OS2.